The second-order valence-corrected chi connectivity index (χ2v) is 3.75. The molecule has 0 bridgehead atoms. The fourth-order valence-corrected chi connectivity index (χ4v) is 1.79. The Hall–Kier alpha value is -2.43. The number of benzene rings is 1. The van der Waals surface area contributed by atoms with Crippen LogP contribution in [-0.4, -0.2) is 23.0 Å². The lowest BCUT2D eigenvalue weighted by molar-refractivity contribution is 0.0595. The highest BCUT2D eigenvalue weighted by molar-refractivity contribution is 5.96. The Kier molecular flexibility index (Phi) is 3.23. The maximum Gasteiger partial charge on any atom is 0.357 e. The fourth-order valence-electron chi connectivity index (χ4n) is 1.79. The Morgan fingerprint density at radius 3 is 2.50 bits per heavy atom. The molecule has 18 heavy (non-hydrogen) atoms. The Morgan fingerprint density at radius 2 is 1.89 bits per heavy atom. The summed E-state index contributed by atoms with van der Waals surface area (Å²) in [6, 6.07) is 9.43. The molecule has 0 atom stereocenters. The lowest BCUT2D eigenvalue weighted by atomic mass is 10.0. The number of nitrogens with zero attached hydrogens (tertiary/aromatic N) is 2. The van der Waals surface area contributed by atoms with Crippen LogP contribution in [0.1, 0.15) is 16.2 Å². The molecule has 1 heterocycles. The van der Waals surface area contributed by atoms with Crippen LogP contribution in [0.15, 0.2) is 30.3 Å². The van der Waals surface area contributed by atoms with Gasteiger partial charge in [0.05, 0.1) is 12.8 Å². The van der Waals surface area contributed by atoms with Crippen LogP contribution in [0.4, 0.5) is 5.95 Å². The Bertz CT molecular complexity index is 582. The lowest BCUT2D eigenvalue weighted by Crippen LogP contribution is -2.11. The highest BCUT2D eigenvalue weighted by atomic mass is 16.5. The molecule has 0 aliphatic carbocycles. The monoisotopic (exact) mass is 243 g/mol. The average molecular weight is 243 g/mol. The first kappa shape index (κ1) is 12.0. The number of methoxy groups -OCH3 is 1. The van der Waals surface area contributed by atoms with Gasteiger partial charge in [0.25, 0.3) is 0 Å². The van der Waals surface area contributed by atoms with Crippen LogP contribution in [0.5, 0.6) is 0 Å². The van der Waals surface area contributed by atoms with Crippen molar-refractivity contribution in [2.24, 2.45) is 0 Å². The zero-order valence-corrected chi connectivity index (χ0v) is 10.2. The van der Waals surface area contributed by atoms with Crippen molar-refractivity contribution in [3.63, 3.8) is 0 Å². The number of esters is 1. The molecular formula is C13H13N3O2. The minimum absolute atomic E-state index is 0.0626. The highest BCUT2D eigenvalue weighted by Gasteiger charge is 2.19. The summed E-state index contributed by atoms with van der Waals surface area (Å²) in [5.41, 5.74) is 7.91. The van der Waals surface area contributed by atoms with Gasteiger partial charge in [-0.1, -0.05) is 30.3 Å². The Morgan fingerprint density at radius 1 is 1.22 bits per heavy atom. The minimum atomic E-state index is -0.522. The van der Waals surface area contributed by atoms with Crippen molar-refractivity contribution in [3.8, 4) is 11.1 Å². The number of hydrogen-bond donors (Lipinski definition) is 1. The number of aryl methyl sites for hydroxylation is 1. The van der Waals surface area contributed by atoms with Crippen LogP contribution in [0.2, 0.25) is 0 Å². The third kappa shape index (κ3) is 2.15. The van der Waals surface area contributed by atoms with E-state index in [2.05, 4.69) is 9.97 Å². The molecule has 0 radical (unpaired) electrons. The Balaban J connectivity index is 2.69. The minimum Gasteiger partial charge on any atom is -0.464 e. The van der Waals surface area contributed by atoms with E-state index in [0.29, 0.717) is 11.3 Å². The quantitative estimate of drug-likeness (QED) is 0.814. The maximum absolute atomic E-state index is 11.7. The van der Waals surface area contributed by atoms with Gasteiger partial charge in [-0.25, -0.2) is 14.8 Å². The number of nitrogens with two attached hydrogens (primary N) is 1. The van der Waals surface area contributed by atoms with Crippen LogP contribution in [0.25, 0.3) is 11.1 Å². The van der Waals surface area contributed by atoms with Crippen molar-refractivity contribution in [3.05, 3.63) is 41.7 Å². The predicted molar refractivity (Wildman–Crippen MR) is 68.0 cm³/mol. The van der Waals surface area contributed by atoms with Crippen LogP contribution in [0, 0.1) is 6.92 Å². The molecule has 0 spiro atoms. The number of ether oxygens (including phenoxy) is 1. The van der Waals surface area contributed by atoms with Gasteiger partial charge in [0.1, 0.15) is 0 Å². The first-order valence-corrected chi connectivity index (χ1v) is 5.41. The van der Waals surface area contributed by atoms with Gasteiger partial charge in [-0.05, 0) is 12.5 Å². The SMILES string of the molecule is COC(=O)c1nc(N)nc(C)c1-c1ccccc1. The largest absolute Gasteiger partial charge is 0.464 e. The number of rotatable bonds is 2. The zero-order valence-electron chi connectivity index (χ0n) is 10.2. The number of carbonyl (C=O) groups is 1. The van der Waals surface area contributed by atoms with E-state index in [1.165, 1.54) is 7.11 Å². The standard InChI is InChI=1S/C13H13N3O2/c1-8-10(9-6-4-3-5-7-9)11(12(17)18-2)16-13(14)15-8/h3-7H,1-2H3,(H2,14,15,16). The van der Waals surface area contributed by atoms with E-state index in [0.717, 1.165) is 5.56 Å². The molecule has 1 aromatic heterocycles. The van der Waals surface area contributed by atoms with Crippen LogP contribution in [-0.2, 0) is 4.74 Å². The van der Waals surface area contributed by atoms with Gasteiger partial charge in [-0.2, -0.15) is 0 Å². The fraction of sp³-hybridized carbons (Fsp3) is 0.154. The summed E-state index contributed by atoms with van der Waals surface area (Å²) >= 11 is 0. The summed E-state index contributed by atoms with van der Waals surface area (Å²) < 4.78 is 4.72. The first-order chi connectivity index (χ1) is 8.63. The second kappa shape index (κ2) is 4.83. The van der Waals surface area contributed by atoms with Gasteiger partial charge >= 0.3 is 5.97 Å². The van der Waals surface area contributed by atoms with Gasteiger partial charge in [0.15, 0.2) is 5.69 Å². The third-order valence-electron chi connectivity index (χ3n) is 2.55. The average Bonchev–Trinajstić information content (AvgIpc) is 2.38. The molecule has 0 fully saturated rings. The van der Waals surface area contributed by atoms with Gasteiger partial charge in [0.2, 0.25) is 5.95 Å². The maximum atomic E-state index is 11.7. The molecule has 0 saturated heterocycles. The summed E-state index contributed by atoms with van der Waals surface area (Å²) in [4.78, 5) is 19.8. The second-order valence-electron chi connectivity index (χ2n) is 3.75. The van der Waals surface area contributed by atoms with Gasteiger partial charge < -0.3 is 10.5 Å². The van der Waals surface area contributed by atoms with Crippen molar-refractivity contribution >= 4 is 11.9 Å². The van der Waals surface area contributed by atoms with Crippen molar-refractivity contribution in [2.45, 2.75) is 6.92 Å². The first-order valence-electron chi connectivity index (χ1n) is 5.41. The summed E-state index contributed by atoms with van der Waals surface area (Å²) in [5, 5.41) is 0. The van der Waals surface area contributed by atoms with Crippen LogP contribution < -0.4 is 5.73 Å². The van der Waals surface area contributed by atoms with E-state index in [1.54, 1.807) is 6.92 Å². The van der Waals surface area contributed by atoms with E-state index >= 15 is 0 Å². The van der Waals surface area contributed by atoms with Crippen molar-refractivity contribution in [2.75, 3.05) is 12.8 Å². The lowest BCUT2D eigenvalue weighted by Gasteiger charge is -2.10. The molecule has 0 aliphatic heterocycles. The number of aromatic nitrogens is 2. The van der Waals surface area contributed by atoms with E-state index in [1.807, 2.05) is 30.3 Å². The number of hydrogen-bond acceptors (Lipinski definition) is 5. The molecule has 2 N–H and O–H groups in total. The summed E-state index contributed by atoms with van der Waals surface area (Å²) in [6.45, 7) is 1.78. The molecule has 0 unspecified atom stereocenters. The van der Waals surface area contributed by atoms with Crippen LogP contribution >= 0.6 is 0 Å². The smallest absolute Gasteiger partial charge is 0.357 e. The predicted octanol–water partition coefficient (Wildman–Crippen LogP) is 1.82. The molecule has 0 amide bonds. The van der Waals surface area contributed by atoms with E-state index in [-0.39, 0.29) is 11.6 Å². The van der Waals surface area contributed by atoms with Gasteiger partial charge in [-0.15, -0.1) is 0 Å². The zero-order chi connectivity index (χ0) is 13.1. The van der Waals surface area contributed by atoms with Gasteiger partial charge in [-0.3, -0.25) is 0 Å². The molecule has 1 aromatic carbocycles. The molecule has 92 valence electrons. The van der Waals surface area contributed by atoms with Gasteiger partial charge in [0, 0.05) is 5.56 Å². The normalized spacial score (nSPS) is 10.1. The molecule has 0 saturated carbocycles. The topological polar surface area (TPSA) is 78.1 Å². The molecule has 5 nitrogen and oxygen atoms in total. The van der Waals surface area contributed by atoms with Crippen molar-refractivity contribution < 1.29 is 9.53 Å². The van der Waals surface area contributed by atoms with E-state index in [4.69, 9.17) is 10.5 Å². The molecule has 0 aliphatic rings. The molecule has 5 heteroatoms. The summed E-state index contributed by atoms with van der Waals surface area (Å²) in [5.74, 6) is -0.460. The summed E-state index contributed by atoms with van der Waals surface area (Å²) in [7, 11) is 1.31. The highest BCUT2D eigenvalue weighted by Crippen LogP contribution is 2.26. The number of carbonyl (C=O) groups excluding carboxylic acids is 1. The molecular weight excluding hydrogens is 230 g/mol. The van der Waals surface area contributed by atoms with E-state index < -0.39 is 5.97 Å². The Labute approximate surface area is 105 Å². The number of anilines is 1. The molecule has 2 rings (SSSR count). The molecule has 2 aromatic rings. The van der Waals surface area contributed by atoms with E-state index in [9.17, 15) is 4.79 Å². The van der Waals surface area contributed by atoms with Crippen molar-refractivity contribution in [1.29, 1.82) is 0 Å². The van der Waals surface area contributed by atoms with Crippen LogP contribution in [0.3, 0.4) is 0 Å². The summed E-state index contributed by atoms with van der Waals surface area (Å²) in [6.07, 6.45) is 0. The third-order valence-corrected chi connectivity index (χ3v) is 2.55. The number of nitrogen functional groups attached to an aromatic ring is 1. The van der Waals surface area contributed by atoms with Crippen molar-refractivity contribution in [1.82, 2.24) is 9.97 Å².